The zero-order valence-electron chi connectivity index (χ0n) is 65.5. The summed E-state index contributed by atoms with van der Waals surface area (Å²) in [6.07, 6.45) is 27.6. The van der Waals surface area contributed by atoms with Crippen LogP contribution in [0.2, 0.25) is 0 Å². The highest BCUT2D eigenvalue weighted by molar-refractivity contribution is 5.90. The van der Waals surface area contributed by atoms with Gasteiger partial charge in [0.1, 0.15) is 11.5 Å². The lowest BCUT2D eigenvalue weighted by molar-refractivity contribution is 0.401. The van der Waals surface area contributed by atoms with Crippen LogP contribution in [-0.2, 0) is 10.8 Å². The number of unbranched alkanes of at least 4 members (excludes halogenated alkanes) is 12. The van der Waals surface area contributed by atoms with Crippen molar-refractivity contribution in [3.8, 4) is 78.3 Å². The van der Waals surface area contributed by atoms with Crippen LogP contribution in [0.15, 0.2) is 280 Å². The predicted octanol–water partition coefficient (Wildman–Crippen LogP) is 32.0. The Labute approximate surface area is 647 Å². The third kappa shape index (κ3) is 16.0. The molecule has 0 spiro atoms. The van der Waals surface area contributed by atoms with Crippen LogP contribution >= 0.6 is 0 Å². The standard InChI is InChI=1S/C105H112N2O/c1-9-15-19-26-68-104(69-27-20-16-10-2)100-72-84(80-30-24-23-25-31-80)44-64-96(100)97-65-45-85(73-101(97)104)82-40-54-91(55-41-82)107(89-50-36-79(37-51-89)77(8)13-5)92-56-42-83(43-57-92)87-47-67-99-98-66-46-86(74-102(98)105(103(99)75-87,70-28-21-17-11-3)71-29-22-18-12-4)81-38-52-90(53-39-81)106(88-48-32-76(7)33-49-88)93-58-62-95(63-59-93)108-94-60-34-78(14-6)35-61-94/h14,23-25,30-67,72-75,77H,6,9-13,15-22,26-29,68-71H2,1-5,7-8H3. The van der Waals surface area contributed by atoms with E-state index in [0.717, 1.165) is 70.4 Å². The van der Waals surface area contributed by atoms with E-state index < -0.39 is 0 Å². The number of fused-ring (bicyclic) bond motifs is 6. The van der Waals surface area contributed by atoms with Crippen molar-refractivity contribution in [1.29, 1.82) is 0 Å². The predicted molar refractivity (Wildman–Crippen MR) is 465 cm³/mol. The Morgan fingerprint density at radius 1 is 0.315 bits per heavy atom. The average molecular weight is 1420 g/mol. The van der Waals surface area contributed by atoms with Gasteiger partial charge in [0.05, 0.1) is 0 Å². The van der Waals surface area contributed by atoms with Gasteiger partial charge in [-0.15, -0.1) is 0 Å². The molecule has 108 heavy (non-hydrogen) atoms. The fourth-order valence-electron chi connectivity index (χ4n) is 17.7. The molecule has 2 aliphatic rings. The molecule has 0 saturated carbocycles. The van der Waals surface area contributed by atoms with Crippen molar-refractivity contribution in [2.75, 3.05) is 9.80 Å². The minimum Gasteiger partial charge on any atom is -0.457 e. The zero-order chi connectivity index (χ0) is 74.4. The van der Waals surface area contributed by atoms with E-state index in [1.807, 2.05) is 30.3 Å². The summed E-state index contributed by atoms with van der Waals surface area (Å²) in [5.41, 5.74) is 32.2. The van der Waals surface area contributed by atoms with Gasteiger partial charge >= 0.3 is 0 Å². The minimum atomic E-state index is -0.112. The molecule has 2 aliphatic carbocycles. The normalized spacial score (nSPS) is 13.1. The van der Waals surface area contributed by atoms with Gasteiger partial charge in [0, 0.05) is 45.0 Å². The molecule has 0 N–H and O–H groups in total. The van der Waals surface area contributed by atoms with Gasteiger partial charge in [0.15, 0.2) is 0 Å². The topological polar surface area (TPSA) is 15.7 Å². The number of anilines is 6. The van der Waals surface area contributed by atoms with Crippen molar-refractivity contribution >= 4 is 40.2 Å². The Balaban J connectivity index is 0.782. The second-order valence-electron chi connectivity index (χ2n) is 31.2. The molecule has 0 aliphatic heterocycles. The molecule has 14 rings (SSSR count). The van der Waals surface area contributed by atoms with Crippen LogP contribution in [0.4, 0.5) is 34.1 Å². The van der Waals surface area contributed by atoms with E-state index in [0.29, 0.717) is 5.92 Å². The van der Waals surface area contributed by atoms with Crippen LogP contribution in [0, 0.1) is 6.92 Å². The summed E-state index contributed by atoms with van der Waals surface area (Å²) in [7, 11) is 0. The van der Waals surface area contributed by atoms with Gasteiger partial charge in [-0.3, -0.25) is 0 Å². The van der Waals surface area contributed by atoms with Gasteiger partial charge in [-0.05, 0) is 266 Å². The molecular weight excluding hydrogens is 1310 g/mol. The number of ether oxygens (including phenoxy) is 1. The lowest BCUT2D eigenvalue weighted by Gasteiger charge is -2.33. The van der Waals surface area contributed by atoms with Gasteiger partial charge in [-0.25, -0.2) is 0 Å². The smallest absolute Gasteiger partial charge is 0.127 e. The van der Waals surface area contributed by atoms with E-state index in [-0.39, 0.29) is 10.8 Å². The van der Waals surface area contributed by atoms with E-state index >= 15 is 0 Å². The summed E-state index contributed by atoms with van der Waals surface area (Å²) >= 11 is 0. The van der Waals surface area contributed by atoms with Crippen molar-refractivity contribution in [3.05, 3.63) is 319 Å². The molecule has 0 radical (unpaired) electrons. The quantitative estimate of drug-likeness (QED) is 0.0368. The molecule has 1 atom stereocenters. The fourth-order valence-corrected chi connectivity index (χ4v) is 17.7. The number of benzene rings is 12. The van der Waals surface area contributed by atoms with Crippen LogP contribution in [0.5, 0.6) is 11.5 Å². The molecule has 0 fully saturated rings. The molecule has 0 aromatic heterocycles. The van der Waals surface area contributed by atoms with E-state index in [4.69, 9.17) is 4.74 Å². The fraction of sp³-hybridized carbons (Fsp3) is 0.295. The van der Waals surface area contributed by atoms with E-state index in [2.05, 4.69) is 314 Å². The lowest BCUT2D eigenvalue weighted by atomic mass is 9.70. The second kappa shape index (κ2) is 34.8. The maximum absolute atomic E-state index is 6.31. The summed E-state index contributed by atoms with van der Waals surface area (Å²) in [6.45, 7) is 20.1. The summed E-state index contributed by atoms with van der Waals surface area (Å²) in [6, 6.07) is 104. The van der Waals surface area contributed by atoms with Crippen LogP contribution in [0.3, 0.4) is 0 Å². The van der Waals surface area contributed by atoms with Crippen LogP contribution in [0.25, 0.3) is 72.8 Å². The first-order valence-corrected chi connectivity index (χ1v) is 41.3. The highest BCUT2D eigenvalue weighted by atomic mass is 16.5. The summed E-state index contributed by atoms with van der Waals surface area (Å²) < 4.78 is 6.31. The number of hydrogen-bond acceptors (Lipinski definition) is 3. The maximum Gasteiger partial charge on any atom is 0.127 e. The summed E-state index contributed by atoms with van der Waals surface area (Å²) in [5, 5.41) is 0. The second-order valence-corrected chi connectivity index (χ2v) is 31.2. The zero-order valence-corrected chi connectivity index (χ0v) is 65.5. The summed E-state index contributed by atoms with van der Waals surface area (Å²) in [5.74, 6) is 2.08. The molecule has 0 amide bonds. The third-order valence-electron chi connectivity index (χ3n) is 24.1. The molecule has 3 heteroatoms. The van der Waals surface area contributed by atoms with Crippen LogP contribution in [0.1, 0.15) is 221 Å². The maximum atomic E-state index is 6.31. The largest absolute Gasteiger partial charge is 0.457 e. The molecule has 1 unspecified atom stereocenters. The molecule has 12 aromatic carbocycles. The van der Waals surface area contributed by atoms with Crippen molar-refractivity contribution in [2.45, 2.75) is 200 Å². The lowest BCUT2D eigenvalue weighted by Crippen LogP contribution is -2.25. The Morgan fingerprint density at radius 2 is 0.602 bits per heavy atom. The molecule has 0 saturated heterocycles. The van der Waals surface area contributed by atoms with E-state index in [1.54, 1.807) is 5.56 Å². The Bertz CT molecular complexity index is 4910. The van der Waals surface area contributed by atoms with Gasteiger partial charge in [0.25, 0.3) is 0 Å². The van der Waals surface area contributed by atoms with Gasteiger partial charge in [0.2, 0.25) is 0 Å². The van der Waals surface area contributed by atoms with Crippen molar-refractivity contribution in [3.63, 3.8) is 0 Å². The van der Waals surface area contributed by atoms with Crippen LogP contribution in [-0.4, -0.2) is 0 Å². The van der Waals surface area contributed by atoms with Crippen molar-refractivity contribution in [1.82, 2.24) is 0 Å². The third-order valence-corrected chi connectivity index (χ3v) is 24.1. The van der Waals surface area contributed by atoms with Crippen molar-refractivity contribution < 1.29 is 4.74 Å². The molecule has 12 aromatic rings. The molecule has 0 bridgehead atoms. The number of aryl methyl sites for hydroxylation is 1. The molecule has 548 valence electrons. The number of nitrogens with zero attached hydrogens (tertiary/aromatic N) is 2. The first kappa shape index (κ1) is 74.6. The molecule has 3 nitrogen and oxygen atoms in total. The summed E-state index contributed by atoms with van der Waals surface area (Å²) in [4.78, 5) is 4.82. The van der Waals surface area contributed by atoms with Gasteiger partial charge in [-0.1, -0.05) is 314 Å². The number of rotatable bonds is 35. The first-order valence-electron chi connectivity index (χ1n) is 41.3. The Kier molecular flexibility index (Phi) is 24.0. The highest BCUT2D eigenvalue weighted by Gasteiger charge is 2.44. The monoisotopic (exact) mass is 1420 g/mol. The molecular formula is C105H112N2O. The Morgan fingerprint density at radius 3 is 0.917 bits per heavy atom. The average Bonchev–Trinajstić information content (AvgIpc) is 1.57. The van der Waals surface area contributed by atoms with E-state index in [1.165, 1.54) is 210 Å². The Hall–Kier alpha value is -10.2. The SMILES string of the molecule is C=Cc1ccc(Oc2ccc(N(c3ccc(C)cc3)c3ccc(-c4ccc5c(c4)C(CCCCCC)(CCCCCC)c4cc(-c6ccc(N(c7ccc(-c8ccc9c(c8)C(CCCCCC)(CCCCCC)c8cc(-c%10ccccc%10)ccc8-9)cc7)c7ccc(C(C)CC)cc7)cc6)ccc4-5)cc3)cc2)cc1. The van der Waals surface area contributed by atoms with Crippen molar-refractivity contribution in [2.24, 2.45) is 0 Å². The number of hydrogen-bond donors (Lipinski definition) is 0. The minimum absolute atomic E-state index is 0.0333. The molecule has 0 heterocycles. The van der Waals surface area contributed by atoms with E-state index in [9.17, 15) is 0 Å². The first-order chi connectivity index (χ1) is 53.0. The van der Waals surface area contributed by atoms with Crippen LogP contribution < -0.4 is 14.5 Å². The highest BCUT2D eigenvalue weighted by Crippen LogP contribution is 2.58. The van der Waals surface area contributed by atoms with Gasteiger partial charge < -0.3 is 14.5 Å². The van der Waals surface area contributed by atoms with Gasteiger partial charge in [-0.2, -0.15) is 0 Å².